The van der Waals surface area contributed by atoms with E-state index in [0.717, 1.165) is 5.75 Å². The highest BCUT2D eigenvalue weighted by Crippen LogP contribution is 2.05. The standard InChI is InChI=1S/C7H8O.C3H6O.C2H6/c1-8-7-5-3-2-4-6-7;1-3(2)4;1-2/h2-6H,1H3;1-2H3;1-2H3. The van der Waals surface area contributed by atoms with E-state index in [9.17, 15) is 4.79 Å². The van der Waals surface area contributed by atoms with Crippen molar-refractivity contribution in [2.45, 2.75) is 27.7 Å². The summed E-state index contributed by atoms with van der Waals surface area (Å²) in [4.78, 5) is 9.44. The molecule has 0 spiro atoms. The van der Waals surface area contributed by atoms with E-state index in [4.69, 9.17) is 4.74 Å². The van der Waals surface area contributed by atoms with Gasteiger partial charge >= 0.3 is 0 Å². The van der Waals surface area contributed by atoms with Crippen LogP contribution in [0.5, 0.6) is 5.75 Å². The van der Waals surface area contributed by atoms with Crippen molar-refractivity contribution >= 4 is 5.78 Å². The molecule has 0 aromatic heterocycles. The summed E-state index contributed by atoms with van der Waals surface area (Å²) in [6.45, 7) is 7.06. The number of carbonyl (C=O) groups is 1. The van der Waals surface area contributed by atoms with Crippen molar-refractivity contribution in [3.05, 3.63) is 30.3 Å². The van der Waals surface area contributed by atoms with E-state index in [1.165, 1.54) is 13.8 Å². The first-order valence-electron chi connectivity index (χ1n) is 4.73. The molecule has 0 bridgehead atoms. The summed E-state index contributed by atoms with van der Waals surface area (Å²) >= 11 is 0. The van der Waals surface area contributed by atoms with Crippen molar-refractivity contribution in [1.29, 1.82) is 0 Å². The van der Waals surface area contributed by atoms with Crippen molar-refractivity contribution in [1.82, 2.24) is 0 Å². The maximum atomic E-state index is 9.44. The summed E-state index contributed by atoms with van der Waals surface area (Å²) in [6, 6.07) is 9.68. The first kappa shape index (κ1) is 15.2. The highest BCUT2D eigenvalue weighted by atomic mass is 16.5. The number of benzene rings is 1. The minimum absolute atomic E-state index is 0.167. The molecule has 0 radical (unpaired) electrons. The van der Waals surface area contributed by atoms with Crippen LogP contribution in [0.3, 0.4) is 0 Å². The Labute approximate surface area is 86.9 Å². The average Bonchev–Trinajstić information content (AvgIpc) is 2.21. The Balaban J connectivity index is 0. The molecule has 0 aliphatic heterocycles. The lowest BCUT2D eigenvalue weighted by Crippen LogP contribution is -1.78. The molecular weight excluding hydrogens is 176 g/mol. The zero-order valence-electron chi connectivity index (χ0n) is 9.70. The lowest BCUT2D eigenvalue weighted by atomic mass is 10.3. The largest absolute Gasteiger partial charge is 0.497 e. The summed E-state index contributed by atoms with van der Waals surface area (Å²) in [6.07, 6.45) is 0. The van der Waals surface area contributed by atoms with Gasteiger partial charge in [0.05, 0.1) is 7.11 Å². The Kier molecular flexibility index (Phi) is 12.7. The third kappa shape index (κ3) is 13.3. The molecule has 0 unspecified atom stereocenters. The third-order valence-corrected chi connectivity index (χ3v) is 0.979. The van der Waals surface area contributed by atoms with Gasteiger partial charge in [0.15, 0.2) is 0 Å². The molecule has 0 aliphatic rings. The second-order valence-corrected chi connectivity index (χ2v) is 2.43. The van der Waals surface area contributed by atoms with Crippen LogP contribution in [0.15, 0.2) is 30.3 Å². The van der Waals surface area contributed by atoms with Gasteiger partial charge in [0.25, 0.3) is 0 Å². The van der Waals surface area contributed by atoms with Crippen LogP contribution in [0, 0.1) is 0 Å². The van der Waals surface area contributed by atoms with Crippen LogP contribution in [-0.4, -0.2) is 12.9 Å². The molecule has 1 aromatic carbocycles. The van der Waals surface area contributed by atoms with Crippen LogP contribution in [0.4, 0.5) is 0 Å². The van der Waals surface area contributed by atoms with Crippen molar-refractivity contribution in [3.8, 4) is 5.75 Å². The molecule has 0 fully saturated rings. The SMILES string of the molecule is CC.CC(C)=O.COc1ccccc1. The van der Waals surface area contributed by atoms with E-state index >= 15 is 0 Å². The molecule has 14 heavy (non-hydrogen) atoms. The number of hydrogen-bond acceptors (Lipinski definition) is 2. The van der Waals surface area contributed by atoms with Crippen molar-refractivity contribution in [2.75, 3.05) is 7.11 Å². The molecular formula is C12H20O2. The van der Waals surface area contributed by atoms with Crippen molar-refractivity contribution in [3.63, 3.8) is 0 Å². The quantitative estimate of drug-likeness (QED) is 0.688. The minimum atomic E-state index is 0.167. The van der Waals surface area contributed by atoms with Gasteiger partial charge in [0, 0.05) is 0 Å². The highest BCUT2D eigenvalue weighted by molar-refractivity contribution is 5.72. The Hall–Kier alpha value is -1.31. The molecule has 0 saturated heterocycles. The first-order valence-corrected chi connectivity index (χ1v) is 4.73. The van der Waals surface area contributed by atoms with E-state index in [2.05, 4.69) is 0 Å². The van der Waals surface area contributed by atoms with Gasteiger partial charge in [-0.15, -0.1) is 0 Å². The Bertz CT molecular complexity index is 213. The summed E-state index contributed by atoms with van der Waals surface area (Å²) in [5.74, 6) is 1.08. The van der Waals surface area contributed by atoms with Gasteiger partial charge in [0.2, 0.25) is 0 Å². The zero-order valence-corrected chi connectivity index (χ0v) is 9.70. The van der Waals surface area contributed by atoms with E-state index < -0.39 is 0 Å². The van der Waals surface area contributed by atoms with Gasteiger partial charge in [-0.1, -0.05) is 32.0 Å². The number of carbonyl (C=O) groups excluding carboxylic acids is 1. The Morgan fingerprint density at radius 3 is 1.64 bits per heavy atom. The smallest absolute Gasteiger partial charge is 0.126 e. The molecule has 0 saturated carbocycles. The number of hydrogen-bond donors (Lipinski definition) is 0. The molecule has 2 nitrogen and oxygen atoms in total. The Morgan fingerprint density at radius 2 is 1.43 bits per heavy atom. The summed E-state index contributed by atoms with van der Waals surface area (Å²) in [5.41, 5.74) is 0. The maximum Gasteiger partial charge on any atom is 0.126 e. The normalized spacial score (nSPS) is 7.21. The van der Waals surface area contributed by atoms with Gasteiger partial charge in [-0.25, -0.2) is 0 Å². The van der Waals surface area contributed by atoms with Gasteiger partial charge in [-0.3, -0.25) is 0 Å². The van der Waals surface area contributed by atoms with Crippen LogP contribution < -0.4 is 4.74 Å². The maximum absolute atomic E-state index is 9.44. The van der Waals surface area contributed by atoms with Crippen LogP contribution in [0.25, 0.3) is 0 Å². The molecule has 2 heteroatoms. The lowest BCUT2D eigenvalue weighted by molar-refractivity contribution is -0.114. The second kappa shape index (κ2) is 11.7. The number of ether oxygens (including phenoxy) is 1. The molecule has 0 aliphatic carbocycles. The van der Waals surface area contributed by atoms with Gasteiger partial charge in [-0.2, -0.15) is 0 Å². The zero-order chi connectivity index (χ0) is 11.4. The fourth-order valence-electron chi connectivity index (χ4n) is 0.557. The van der Waals surface area contributed by atoms with Crippen LogP contribution in [0.2, 0.25) is 0 Å². The van der Waals surface area contributed by atoms with E-state index in [0.29, 0.717) is 0 Å². The molecule has 0 amide bonds. The predicted molar refractivity (Wildman–Crippen MR) is 60.7 cm³/mol. The second-order valence-electron chi connectivity index (χ2n) is 2.43. The molecule has 1 aromatic rings. The van der Waals surface area contributed by atoms with Crippen molar-refractivity contribution < 1.29 is 9.53 Å². The van der Waals surface area contributed by atoms with Crippen LogP contribution >= 0.6 is 0 Å². The van der Waals surface area contributed by atoms with Crippen LogP contribution in [-0.2, 0) is 4.79 Å². The van der Waals surface area contributed by atoms with Crippen molar-refractivity contribution in [2.24, 2.45) is 0 Å². The van der Waals surface area contributed by atoms with Gasteiger partial charge in [0.1, 0.15) is 11.5 Å². The number of ketones is 1. The van der Waals surface area contributed by atoms with E-state index in [1.54, 1.807) is 7.11 Å². The molecule has 0 N–H and O–H groups in total. The number of methoxy groups -OCH3 is 1. The molecule has 0 atom stereocenters. The summed E-state index contributed by atoms with van der Waals surface area (Å²) in [5, 5.41) is 0. The number of rotatable bonds is 1. The monoisotopic (exact) mass is 196 g/mol. The fourth-order valence-corrected chi connectivity index (χ4v) is 0.557. The van der Waals surface area contributed by atoms with E-state index in [1.807, 2.05) is 44.2 Å². The average molecular weight is 196 g/mol. The first-order chi connectivity index (χ1) is 6.66. The van der Waals surface area contributed by atoms with Crippen LogP contribution in [0.1, 0.15) is 27.7 Å². The lowest BCUT2D eigenvalue weighted by Gasteiger charge is -1.93. The molecule has 80 valence electrons. The topological polar surface area (TPSA) is 26.3 Å². The highest BCUT2D eigenvalue weighted by Gasteiger charge is 1.80. The predicted octanol–water partition coefficient (Wildman–Crippen LogP) is 3.32. The minimum Gasteiger partial charge on any atom is -0.497 e. The summed E-state index contributed by atoms with van der Waals surface area (Å²) < 4.78 is 4.91. The number of Topliss-reactive ketones (excluding diaryl/α,β-unsaturated/α-hetero) is 1. The fraction of sp³-hybridized carbons (Fsp3) is 0.417. The summed E-state index contributed by atoms with van der Waals surface area (Å²) in [7, 11) is 1.66. The molecule has 1 rings (SSSR count). The third-order valence-electron chi connectivity index (χ3n) is 0.979. The van der Waals surface area contributed by atoms with Gasteiger partial charge in [-0.05, 0) is 26.0 Å². The Morgan fingerprint density at radius 1 is 1.07 bits per heavy atom. The van der Waals surface area contributed by atoms with Gasteiger partial charge < -0.3 is 9.53 Å². The molecule has 0 heterocycles. The number of para-hydroxylation sites is 1. The van der Waals surface area contributed by atoms with E-state index in [-0.39, 0.29) is 5.78 Å².